The van der Waals surface area contributed by atoms with Crippen LogP contribution in [0.25, 0.3) is 0 Å². The summed E-state index contributed by atoms with van der Waals surface area (Å²) in [5.41, 5.74) is 1.42. The summed E-state index contributed by atoms with van der Waals surface area (Å²) in [4.78, 5) is 38.6. The topological polar surface area (TPSA) is 93.5 Å². The van der Waals surface area contributed by atoms with Gasteiger partial charge in [0.1, 0.15) is 17.1 Å². The van der Waals surface area contributed by atoms with Crippen molar-refractivity contribution < 1.29 is 14.3 Å². The third-order valence-corrected chi connectivity index (χ3v) is 5.90. The number of carbonyl (C=O) groups excluding carboxylic acids is 2. The van der Waals surface area contributed by atoms with Gasteiger partial charge in [-0.3, -0.25) is 19.2 Å². The Morgan fingerprint density at radius 2 is 2.14 bits per heavy atom. The van der Waals surface area contributed by atoms with Crippen LogP contribution in [0.15, 0.2) is 12.3 Å². The fourth-order valence-electron chi connectivity index (χ4n) is 4.22. The third-order valence-electron chi connectivity index (χ3n) is 5.90. The average Bonchev–Trinajstić information content (AvgIpc) is 3.37. The number of ether oxygens (including phenoxy) is 1. The molecule has 2 aromatic heterocycles. The number of nitrogens with zero attached hydrogens (tertiary/aromatic N) is 6. The van der Waals surface area contributed by atoms with Gasteiger partial charge >= 0.3 is 0 Å². The van der Waals surface area contributed by atoms with E-state index in [1.54, 1.807) is 36.0 Å². The summed E-state index contributed by atoms with van der Waals surface area (Å²) in [6.45, 7) is 5.41. The lowest BCUT2D eigenvalue weighted by atomic mass is 9.96. The van der Waals surface area contributed by atoms with Crippen LogP contribution in [-0.2, 0) is 28.5 Å². The van der Waals surface area contributed by atoms with E-state index in [1.165, 1.54) is 0 Å². The van der Waals surface area contributed by atoms with E-state index in [0.29, 0.717) is 43.5 Å². The predicted octanol–water partition coefficient (Wildman–Crippen LogP) is 1.21. The average molecular weight is 398 g/mol. The van der Waals surface area contributed by atoms with Crippen molar-refractivity contribution in [1.82, 2.24) is 24.6 Å². The Kier molecular flexibility index (Phi) is 4.85. The third kappa shape index (κ3) is 3.19. The van der Waals surface area contributed by atoms with Crippen molar-refractivity contribution in [3.8, 4) is 0 Å². The summed E-state index contributed by atoms with van der Waals surface area (Å²) in [6, 6.07) is 1.72. The first-order chi connectivity index (χ1) is 13.8. The van der Waals surface area contributed by atoms with Gasteiger partial charge in [-0.15, -0.1) is 0 Å². The molecule has 1 fully saturated rings. The smallest absolute Gasteiger partial charge is 0.275 e. The lowest BCUT2D eigenvalue weighted by molar-refractivity contribution is -0.117. The van der Waals surface area contributed by atoms with Crippen LogP contribution in [0.5, 0.6) is 0 Å². The molecular formula is C20H26N6O3. The molecule has 154 valence electrons. The van der Waals surface area contributed by atoms with Crippen molar-refractivity contribution in [2.75, 3.05) is 31.7 Å². The first kappa shape index (κ1) is 19.5. The van der Waals surface area contributed by atoms with E-state index in [0.717, 1.165) is 24.1 Å². The van der Waals surface area contributed by atoms with Crippen LogP contribution < -0.4 is 4.90 Å². The summed E-state index contributed by atoms with van der Waals surface area (Å²) in [5, 5.41) is 4.26. The van der Waals surface area contributed by atoms with Gasteiger partial charge in [-0.1, -0.05) is 0 Å². The molecule has 4 heterocycles. The fraction of sp³-hybridized carbons (Fsp3) is 0.550. The van der Waals surface area contributed by atoms with E-state index in [-0.39, 0.29) is 11.8 Å². The predicted molar refractivity (Wildman–Crippen MR) is 106 cm³/mol. The molecule has 29 heavy (non-hydrogen) atoms. The highest BCUT2D eigenvalue weighted by Gasteiger charge is 2.45. The van der Waals surface area contributed by atoms with Gasteiger partial charge < -0.3 is 9.64 Å². The summed E-state index contributed by atoms with van der Waals surface area (Å²) in [7, 11) is 3.40. The Labute approximate surface area is 169 Å². The second-order valence-corrected chi connectivity index (χ2v) is 7.86. The molecule has 1 saturated heterocycles. The van der Waals surface area contributed by atoms with Crippen molar-refractivity contribution in [3.05, 3.63) is 35.0 Å². The molecule has 0 radical (unpaired) electrons. The van der Waals surface area contributed by atoms with Crippen LogP contribution in [0, 0.1) is 6.92 Å². The van der Waals surface area contributed by atoms with Gasteiger partial charge in [-0.2, -0.15) is 5.10 Å². The molecule has 0 N–H and O–H groups in total. The molecule has 0 saturated carbocycles. The Balaban J connectivity index is 1.72. The molecule has 9 heteroatoms. The molecule has 2 amide bonds. The largest absolute Gasteiger partial charge is 0.383 e. The highest BCUT2D eigenvalue weighted by atomic mass is 16.5. The number of hydrogen-bond acceptors (Lipinski definition) is 6. The fourth-order valence-corrected chi connectivity index (χ4v) is 4.22. The minimum atomic E-state index is -0.646. The summed E-state index contributed by atoms with van der Waals surface area (Å²) < 4.78 is 6.77. The molecule has 2 aliphatic heterocycles. The zero-order valence-corrected chi connectivity index (χ0v) is 17.3. The van der Waals surface area contributed by atoms with Crippen molar-refractivity contribution in [2.45, 2.75) is 38.6 Å². The van der Waals surface area contributed by atoms with Crippen molar-refractivity contribution in [1.29, 1.82) is 0 Å². The number of hydrogen-bond donors (Lipinski definition) is 0. The van der Waals surface area contributed by atoms with Gasteiger partial charge in [0.05, 0.1) is 19.6 Å². The number of aryl methyl sites for hydroxylation is 2. The molecule has 0 aromatic carbocycles. The quantitative estimate of drug-likeness (QED) is 0.751. The maximum Gasteiger partial charge on any atom is 0.275 e. The molecule has 0 unspecified atom stereocenters. The summed E-state index contributed by atoms with van der Waals surface area (Å²) in [6.07, 6.45) is 3.69. The maximum atomic E-state index is 13.1. The van der Waals surface area contributed by atoms with E-state index >= 15 is 0 Å². The summed E-state index contributed by atoms with van der Waals surface area (Å²) in [5.74, 6) is 1.10. The first-order valence-corrected chi connectivity index (χ1v) is 9.84. The Morgan fingerprint density at radius 1 is 1.34 bits per heavy atom. The lowest BCUT2D eigenvalue weighted by Gasteiger charge is -2.34. The second-order valence-electron chi connectivity index (χ2n) is 7.86. The Hall–Kier alpha value is -2.81. The number of rotatable bonds is 5. The molecule has 9 nitrogen and oxygen atoms in total. The van der Waals surface area contributed by atoms with Gasteiger partial charge in [0.25, 0.3) is 5.91 Å². The van der Waals surface area contributed by atoms with Crippen molar-refractivity contribution in [2.24, 2.45) is 7.05 Å². The van der Waals surface area contributed by atoms with Gasteiger partial charge in [0.2, 0.25) is 5.91 Å². The number of likely N-dealkylation sites (tertiary alicyclic amines) is 1. The summed E-state index contributed by atoms with van der Waals surface area (Å²) >= 11 is 0. The van der Waals surface area contributed by atoms with Crippen LogP contribution in [0.2, 0.25) is 0 Å². The van der Waals surface area contributed by atoms with Gasteiger partial charge in [0, 0.05) is 38.2 Å². The zero-order valence-electron chi connectivity index (χ0n) is 17.3. The number of anilines is 1. The van der Waals surface area contributed by atoms with Gasteiger partial charge in [0.15, 0.2) is 5.82 Å². The molecule has 1 atom stereocenters. The normalized spacial score (nSPS) is 21.2. The molecule has 0 spiro atoms. The Bertz CT molecular complexity index is 971. The number of amides is 2. The number of carbonyl (C=O) groups is 2. The molecule has 4 rings (SSSR count). The first-order valence-electron chi connectivity index (χ1n) is 9.84. The molecule has 2 aromatic rings. The van der Waals surface area contributed by atoms with E-state index in [4.69, 9.17) is 14.7 Å². The minimum absolute atomic E-state index is 0.00425. The van der Waals surface area contributed by atoms with Crippen molar-refractivity contribution in [3.63, 3.8) is 0 Å². The minimum Gasteiger partial charge on any atom is -0.383 e. The standard InChI is InChI=1S/C20H26N6O3/c1-13-14-12-16(27)25(10-11-29-4)17(14)22-19(21-13)20(2)7-5-8-26(20)18(28)15-6-9-24(3)23-15/h6,9H,5,7-8,10-12H2,1-4H3/t20-/m1/s1. The molecular weight excluding hydrogens is 372 g/mol. The highest BCUT2D eigenvalue weighted by molar-refractivity contribution is 6.00. The monoisotopic (exact) mass is 398 g/mol. The van der Waals surface area contributed by atoms with Gasteiger partial charge in [-0.25, -0.2) is 9.97 Å². The SMILES string of the molecule is COCCN1C(=O)Cc2c(C)nc([C@@]3(C)CCCN3C(=O)c3ccn(C)n3)nc21. The molecule has 0 aliphatic carbocycles. The molecule has 0 bridgehead atoms. The number of methoxy groups -OCH3 is 1. The van der Waals surface area contributed by atoms with Crippen LogP contribution >= 0.6 is 0 Å². The van der Waals surface area contributed by atoms with E-state index in [1.807, 2.05) is 18.7 Å². The van der Waals surface area contributed by atoms with E-state index < -0.39 is 5.54 Å². The zero-order chi connectivity index (χ0) is 20.8. The Morgan fingerprint density at radius 3 is 2.83 bits per heavy atom. The van der Waals surface area contributed by atoms with Crippen LogP contribution in [0.1, 0.15) is 47.3 Å². The number of aromatic nitrogens is 4. The molecule has 2 aliphatic rings. The lowest BCUT2D eigenvalue weighted by Crippen LogP contribution is -2.44. The van der Waals surface area contributed by atoms with E-state index in [9.17, 15) is 9.59 Å². The van der Waals surface area contributed by atoms with Crippen LogP contribution in [-0.4, -0.2) is 63.3 Å². The highest BCUT2D eigenvalue weighted by Crippen LogP contribution is 2.40. The van der Waals surface area contributed by atoms with Crippen LogP contribution in [0.4, 0.5) is 5.82 Å². The van der Waals surface area contributed by atoms with Gasteiger partial charge in [-0.05, 0) is 32.8 Å². The second kappa shape index (κ2) is 7.22. The van der Waals surface area contributed by atoms with E-state index in [2.05, 4.69) is 5.10 Å². The van der Waals surface area contributed by atoms with Crippen LogP contribution in [0.3, 0.4) is 0 Å². The number of fused-ring (bicyclic) bond motifs is 1. The van der Waals surface area contributed by atoms with Crippen molar-refractivity contribution >= 4 is 17.6 Å². The maximum absolute atomic E-state index is 13.1.